The van der Waals surface area contributed by atoms with E-state index < -0.39 is 0 Å². The molecule has 0 unspecified atom stereocenters. The lowest BCUT2D eigenvalue weighted by Gasteiger charge is -2.11. The van der Waals surface area contributed by atoms with Crippen LogP contribution in [-0.4, -0.2) is 24.4 Å². The molecule has 0 aliphatic heterocycles. The molecule has 5 heteroatoms. The van der Waals surface area contributed by atoms with E-state index in [-0.39, 0.29) is 0 Å². The van der Waals surface area contributed by atoms with E-state index in [1.165, 1.54) is 0 Å². The van der Waals surface area contributed by atoms with Crippen molar-refractivity contribution in [3.05, 3.63) is 84.9 Å². The largest absolute Gasteiger partial charge is 0.497 e. The lowest BCUT2D eigenvalue weighted by atomic mass is 10.00. The van der Waals surface area contributed by atoms with Gasteiger partial charge in [-0.2, -0.15) is 0 Å². The molecule has 4 nitrogen and oxygen atoms in total. The van der Waals surface area contributed by atoms with E-state index >= 15 is 0 Å². The van der Waals surface area contributed by atoms with E-state index in [0.717, 1.165) is 43.8 Å². The van der Waals surface area contributed by atoms with Crippen LogP contribution in [0.2, 0.25) is 0 Å². The molecule has 1 heterocycles. The molecule has 0 amide bonds. The Morgan fingerprint density at radius 1 is 0.655 bits per heavy atom. The van der Waals surface area contributed by atoms with E-state index in [9.17, 15) is 0 Å². The van der Waals surface area contributed by atoms with Crippen LogP contribution < -0.4 is 9.47 Å². The first-order valence-corrected chi connectivity index (χ1v) is 9.98. The number of methoxy groups -OCH3 is 2. The van der Waals surface area contributed by atoms with Gasteiger partial charge in [0.05, 0.1) is 14.2 Å². The van der Waals surface area contributed by atoms with Gasteiger partial charge in [0.25, 0.3) is 0 Å². The van der Waals surface area contributed by atoms with Gasteiger partial charge in [0.15, 0.2) is 0 Å². The maximum atomic E-state index is 5.30. The summed E-state index contributed by atoms with van der Waals surface area (Å²) < 4.78 is 10.6. The third kappa shape index (κ3) is 4.41. The topological polar surface area (TPSA) is 44.2 Å². The van der Waals surface area contributed by atoms with Crippen LogP contribution in [0.1, 0.15) is 0 Å². The van der Waals surface area contributed by atoms with Gasteiger partial charge in [-0.15, -0.1) is 10.2 Å². The summed E-state index contributed by atoms with van der Waals surface area (Å²) in [5, 5.41) is 9.89. The third-order valence-electron chi connectivity index (χ3n) is 4.50. The molecule has 0 radical (unpaired) electrons. The van der Waals surface area contributed by atoms with Crippen LogP contribution in [0.5, 0.6) is 11.5 Å². The molecule has 0 aliphatic rings. The summed E-state index contributed by atoms with van der Waals surface area (Å²) in [7, 11) is 3.33. The molecule has 1 aromatic heterocycles. The van der Waals surface area contributed by atoms with Gasteiger partial charge in [-0.25, -0.2) is 0 Å². The third-order valence-corrected chi connectivity index (χ3v) is 5.42. The number of benzene rings is 3. The fourth-order valence-electron chi connectivity index (χ4n) is 2.99. The average molecular weight is 401 g/mol. The molecular formula is C24H20N2O2S. The lowest BCUT2D eigenvalue weighted by Crippen LogP contribution is -1.95. The fourth-order valence-corrected chi connectivity index (χ4v) is 3.78. The average Bonchev–Trinajstić information content (AvgIpc) is 2.80. The van der Waals surface area contributed by atoms with Crippen molar-refractivity contribution in [2.75, 3.05) is 14.2 Å². The molecule has 3 aromatic carbocycles. The normalized spacial score (nSPS) is 10.6. The summed E-state index contributed by atoms with van der Waals surface area (Å²) in [6, 6.07) is 28.1. The number of hydrogen-bond donors (Lipinski definition) is 0. The number of nitrogens with zero attached hydrogens (tertiary/aromatic N) is 2. The Hall–Kier alpha value is -3.31. The van der Waals surface area contributed by atoms with Crippen molar-refractivity contribution in [3.63, 3.8) is 0 Å². The van der Waals surface area contributed by atoms with Crippen molar-refractivity contribution in [1.82, 2.24) is 10.2 Å². The van der Waals surface area contributed by atoms with Crippen molar-refractivity contribution in [2.24, 2.45) is 0 Å². The van der Waals surface area contributed by atoms with E-state index in [0.29, 0.717) is 0 Å². The van der Waals surface area contributed by atoms with Crippen LogP contribution >= 0.6 is 11.8 Å². The maximum absolute atomic E-state index is 5.30. The second-order valence-electron chi connectivity index (χ2n) is 6.32. The van der Waals surface area contributed by atoms with Gasteiger partial charge in [0, 0.05) is 16.0 Å². The lowest BCUT2D eigenvalue weighted by molar-refractivity contribution is 0.414. The second kappa shape index (κ2) is 8.80. The summed E-state index contributed by atoms with van der Waals surface area (Å²) >= 11 is 1.60. The molecule has 0 N–H and O–H groups in total. The zero-order valence-electron chi connectivity index (χ0n) is 16.2. The van der Waals surface area contributed by atoms with Crippen molar-refractivity contribution < 1.29 is 9.47 Å². The first-order valence-electron chi connectivity index (χ1n) is 9.16. The highest BCUT2D eigenvalue weighted by molar-refractivity contribution is 7.99. The van der Waals surface area contributed by atoms with Crippen molar-refractivity contribution in [1.29, 1.82) is 0 Å². The highest BCUT2D eigenvalue weighted by atomic mass is 32.2. The predicted octanol–water partition coefficient (Wildman–Crippen LogP) is 5.98. The van der Waals surface area contributed by atoms with Crippen LogP contribution in [0.25, 0.3) is 22.4 Å². The Morgan fingerprint density at radius 2 is 1.24 bits per heavy atom. The Bertz CT molecular complexity index is 1080. The van der Waals surface area contributed by atoms with Crippen molar-refractivity contribution >= 4 is 11.8 Å². The molecule has 0 saturated heterocycles. The molecule has 0 atom stereocenters. The van der Waals surface area contributed by atoms with Crippen LogP contribution in [0, 0.1) is 0 Å². The predicted molar refractivity (Wildman–Crippen MR) is 117 cm³/mol. The Balaban J connectivity index is 1.78. The zero-order chi connectivity index (χ0) is 20.1. The summed E-state index contributed by atoms with van der Waals surface area (Å²) in [6.45, 7) is 0. The molecule has 0 fully saturated rings. The van der Waals surface area contributed by atoms with Crippen molar-refractivity contribution in [2.45, 2.75) is 9.92 Å². The molecular weight excluding hydrogens is 380 g/mol. The molecule has 4 rings (SSSR count). The van der Waals surface area contributed by atoms with E-state index in [4.69, 9.17) is 9.47 Å². The first-order chi connectivity index (χ1) is 14.3. The smallest absolute Gasteiger partial charge is 0.124 e. The number of rotatable bonds is 6. The SMILES string of the molecule is COc1ccc(-c2cc(Sc3ccccc3)nnc2-c2ccc(OC)cc2)cc1. The minimum atomic E-state index is 0.809. The van der Waals surface area contributed by atoms with Crippen LogP contribution in [-0.2, 0) is 0 Å². The van der Waals surface area contributed by atoms with Crippen LogP contribution in [0.4, 0.5) is 0 Å². The summed E-state index contributed by atoms with van der Waals surface area (Å²) in [4.78, 5) is 1.12. The molecule has 144 valence electrons. The number of hydrogen-bond acceptors (Lipinski definition) is 5. The van der Waals surface area contributed by atoms with E-state index in [1.54, 1.807) is 26.0 Å². The molecule has 29 heavy (non-hydrogen) atoms. The summed E-state index contributed by atoms with van der Waals surface area (Å²) in [5.41, 5.74) is 3.89. The van der Waals surface area contributed by atoms with Crippen molar-refractivity contribution in [3.8, 4) is 33.9 Å². The van der Waals surface area contributed by atoms with Gasteiger partial charge in [0.1, 0.15) is 22.2 Å². The van der Waals surface area contributed by atoms with E-state index in [1.807, 2.05) is 66.7 Å². The van der Waals surface area contributed by atoms with E-state index in [2.05, 4.69) is 28.4 Å². The van der Waals surface area contributed by atoms with Gasteiger partial charge < -0.3 is 9.47 Å². The second-order valence-corrected chi connectivity index (χ2v) is 7.41. The van der Waals surface area contributed by atoms with Gasteiger partial charge >= 0.3 is 0 Å². The summed E-state index contributed by atoms with van der Waals surface area (Å²) in [6.07, 6.45) is 0. The van der Waals surface area contributed by atoms with Gasteiger partial charge in [-0.1, -0.05) is 42.1 Å². The van der Waals surface area contributed by atoms with Gasteiger partial charge in [0.2, 0.25) is 0 Å². The minimum absolute atomic E-state index is 0.809. The summed E-state index contributed by atoms with van der Waals surface area (Å²) in [5.74, 6) is 1.63. The molecule has 4 aromatic rings. The highest BCUT2D eigenvalue weighted by Crippen LogP contribution is 2.35. The molecule has 0 saturated carbocycles. The number of ether oxygens (including phenoxy) is 2. The Labute approximate surface area is 174 Å². The van der Waals surface area contributed by atoms with Gasteiger partial charge in [-0.05, 0) is 60.2 Å². The first kappa shape index (κ1) is 19.0. The quantitative estimate of drug-likeness (QED) is 0.398. The van der Waals surface area contributed by atoms with Crippen LogP contribution in [0.3, 0.4) is 0 Å². The zero-order valence-corrected chi connectivity index (χ0v) is 17.0. The van der Waals surface area contributed by atoms with Crippen LogP contribution in [0.15, 0.2) is 94.9 Å². The maximum Gasteiger partial charge on any atom is 0.124 e. The minimum Gasteiger partial charge on any atom is -0.497 e. The van der Waals surface area contributed by atoms with Gasteiger partial charge in [-0.3, -0.25) is 0 Å². The monoisotopic (exact) mass is 400 g/mol. The molecule has 0 bridgehead atoms. The Morgan fingerprint density at radius 3 is 1.83 bits per heavy atom. The molecule has 0 spiro atoms. The standard InChI is InChI=1S/C24H20N2O2S/c1-27-19-12-8-17(9-13-19)22-16-23(29-21-6-4-3-5-7-21)25-26-24(22)18-10-14-20(28-2)15-11-18/h3-16H,1-2H3. The highest BCUT2D eigenvalue weighted by Gasteiger charge is 2.13. The molecule has 0 aliphatic carbocycles. The fraction of sp³-hybridized carbons (Fsp3) is 0.0833. The number of aromatic nitrogens is 2. The Kier molecular flexibility index (Phi) is 5.77.